The molecule has 0 aliphatic carbocycles. The number of pyridine rings is 1. The highest BCUT2D eigenvalue weighted by Gasteiger charge is 2.29. The number of nitrogens with two attached hydrogens (primary N) is 1. The second kappa shape index (κ2) is 8.98. The van der Waals surface area contributed by atoms with Crippen molar-refractivity contribution in [2.75, 3.05) is 18.0 Å². The van der Waals surface area contributed by atoms with Gasteiger partial charge in [0.25, 0.3) is 0 Å². The number of amidine groups is 1. The smallest absolute Gasteiger partial charge is 0.313 e. The van der Waals surface area contributed by atoms with Gasteiger partial charge in [0.05, 0.1) is 0 Å². The highest BCUT2D eigenvalue weighted by atomic mass is 19.1. The summed E-state index contributed by atoms with van der Waals surface area (Å²) in [6, 6.07) is 5.88. The van der Waals surface area contributed by atoms with Gasteiger partial charge in [0.1, 0.15) is 24.7 Å². The molecule has 2 heterocycles. The maximum atomic E-state index is 14.9. The average Bonchev–Trinajstić information content (AvgIpc) is 2.63. The summed E-state index contributed by atoms with van der Waals surface area (Å²) in [6.07, 6.45) is 3.32. The van der Waals surface area contributed by atoms with E-state index < -0.39 is 17.6 Å². The second-order valence-electron chi connectivity index (χ2n) is 7.23. The molecule has 0 radical (unpaired) electrons. The first-order valence-electron chi connectivity index (χ1n) is 9.55. The van der Waals surface area contributed by atoms with Crippen LogP contribution in [0.2, 0.25) is 0 Å². The van der Waals surface area contributed by atoms with Gasteiger partial charge >= 0.3 is 5.97 Å². The third-order valence-electron chi connectivity index (χ3n) is 4.89. The number of ether oxygens (including phenoxy) is 1. The SMILES string of the molecule is CCCC1CN(c2ncc(-c3cccc(COC(=O)CC(=N)N)c3F)cc2F)C1. The Morgan fingerprint density at radius 2 is 2.14 bits per heavy atom. The zero-order valence-electron chi connectivity index (χ0n) is 16.3. The fourth-order valence-corrected chi connectivity index (χ4v) is 3.42. The summed E-state index contributed by atoms with van der Waals surface area (Å²) < 4.78 is 34.4. The molecule has 0 bridgehead atoms. The third kappa shape index (κ3) is 4.88. The van der Waals surface area contributed by atoms with E-state index in [1.165, 1.54) is 24.4 Å². The Balaban J connectivity index is 1.73. The Labute approximate surface area is 168 Å². The quantitative estimate of drug-likeness (QED) is 0.400. The number of anilines is 1. The molecule has 3 rings (SSSR count). The Hall–Kier alpha value is -3.03. The van der Waals surface area contributed by atoms with Crippen LogP contribution in [0, 0.1) is 23.0 Å². The van der Waals surface area contributed by atoms with Crippen LogP contribution < -0.4 is 10.6 Å². The molecule has 154 valence electrons. The Morgan fingerprint density at radius 3 is 2.79 bits per heavy atom. The highest BCUT2D eigenvalue weighted by Crippen LogP contribution is 2.31. The largest absolute Gasteiger partial charge is 0.460 e. The first kappa shape index (κ1) is 20.7. The molecule has 0 amide bonds. The molecule has 0 atom stereocenters. The minimum absolute atomic E-state index is 0.147. The summed E-state index contributed by atoms with van der Waals surface area (Å²) in [7, 11) is 0. The predicted octanol–water partition coefficient (Wildman–Crippen LogP) is 3.63. The lowest BCUT2D eigenvalue weighted by molar-refractivity contribution is -0.143. The van der Waals surface area contributed by atoms with Crippen LogP contribution in [-0.4, -0.2) is 29.9 Å². The molecule has 1 aromatic heterocycles. The van der Waals surface area contributed by atoms with Crippen LogP contribution in [0.5, 0.6) is 0 Å². The fourth-order valence-electron chi connectivity index (χ4n) is 3.42. The maximum absolute atomic E-state index is 14.9. The first-order chi connectivity index (χ1) is 13.9. The standard InChI is InChI=1S/C21H24F2N4O2/c1-2-4-13-10-27(11-13)21-17(22)7-15(9-26-21)16-6-3-5-14(20(16)23)12-29-19(28)8-18(24)25/h3,5-7,9,13H,2,4,8,10-12H2,1H3,(H3,24,25). The topological polar surface area (TPSA) is 92.3 Å². The van der Waals surface area contributed by atoms with Crippen molar-refractivity contribution in [3.63, 3.8) is 0 Å². The number of rotatable bonds is 8. The molecular formula is C21H24F2N4O2. The zero-order valence-corrected chi connectivity index (χ0v) is 16.3. The highest BCUT2D eigenvalue weighted by molar-refractivity contribution is 5.94. The molecule has 1 saturated heterocycles. The molecule has 1 aromatic carbocycles. The van der Waals surface area contributed by atoms with E-state index in [9.17, 15) is 13.6 Å². The lowest BCUT2D eigenvalue weighted by Crippen LogP contribution is -2.47. The summed E-state index contributed by atoms with van der Waals surface area (Å²) in [4.78, 5) is 17.6. The molecule has 3 N–H and O–H groups in total. The van der Waals surface area contributed by atoms with Gasteiger partial charge in [-0.1, -0.05) is 31.5 Å². The zero-order chi connectivity index (χ0) is 21.0. The Kier molecular flexibility index (Phi) is 6.41. The number of nitrogens with zero attached hydrogens (tertiary/aromatic N) is 2. The first-order valence-corrected chi connectivity index (χ1v) is 9.55. The minimum atomic E-state index is -0.713. The van der Waals surface area contributed by atoms with Gasteiger partial charge in [0.2, 0.25) is 0 Å². The third-order valence-corrected chi connectivity index (χ3v) is 4.89. The van der Waals surface area contributed by atoms with E-state index in [4.69, 9.17) is 15.9 Å². The summed E-state index contributed by atoms with van der Waals surface area (Å²) in [5.41, 5.74) is 5.77. The summed E-state index contributed by atoms with van der Waals surface area (Å²) in [6.45, 7) is 3.40. The number of aromatic nitrogens is 1. The molecule has 2 aromatic rings. The van der Waals surface area contributed by atoms with Crippen LogP contribution in [0.1, 0.15) is 31.7 Å². The average molecular weight is 402 g/mol. The van der Waals surface area contributed by atoms with E-state index in [0.717, 1.165) is 25.9 Å². The van der Waals surface area contributed by atoms with E-state index in [2.05, 4.69) is 11.9 Å². The fraction of sp³-hybridized carbons (Fsp3) is 0.381. The van der Waals surface area contributed by atoms with Crippen molar-refractivity contribution in [1.82, 2.24) is 4.98 Å². The number of carbonyl (C=O) groups is 1. The van der Waals surface area contributed by atoms with Crippen molar-refractivity contribution in [3.8, 4) is 11.1 Å². The Bertz CT molecular complexity index is 914. The van der Waals surface area contributed by atoms with Gasteiger partial charge < -0.3 is 15.4 Å². The molecule has 8 heteroatoms. The number of hydrogen-bond acceptors (Lipinski definition) is 5. The van der Waals surface area contributed by atoms with Crippen LogP contribution in [0.3, 0.4) is 0 Å². The molecular weight excluding hydrogens is 378 g/mol. The molecule has 29 heavy (non-hydrogen) atoms. The van der Waals surface area contributed by atoms with Gasteiger partial charge in [-0.25, -0.2) is 13.8 Å². The van der Waals surface area contributed by atoms with Gasteiger partial charge in [-0.2, -0.15) is 0 Å². The summed E-state index contributed by atoms with van der Waals surface area (Å²) >= 11 is 0. The van der Waals surface area contributed by atoms with Crippen molar-refractivity contribution in [1.29, 1.82) is 5.41 Å². The number of esters is 1. The molecule has 0 unspecified atom stereocenters. The monoisotopic (exact) mass is 402 g/mol. The molecule has 1 fully saturated rings. The van der Waals surface area contributed by atoms with Crippen LogP contribution >= 0.6 is 0 Å². The molecule has 1 aliphatic rings. The molecule has 0 spiro atoms. The van der Waals surface area contributed by atoms with Crippen LogP contribution in [0.25, 0.3) is 11.1 Å². The molecule has 0 saturated carbocycles. The van der Waals surface area contributed by atoms with Crippen molar-refractivity contribution in [3.05, 3.63) is 47.7 Å². The van der Waals surface area contributed by atoms with E-state index >= 15 is 0 Å². The van der Waals surface area contributed by atoms with Gasteiger partial charge in [-0.15, -0.1) is 0 Å². The van der Waals surface area contributed by atoms with E-state index in [1.807, 2.05) is 4.90 Å². The number of benzene rings is 1. The van der Waals surface area contributed by atoms with Gasteiger partial charge in [-0.05, 0) is 18.4 Å². The number of carbonyl (C=O) groups excluding carboxylic acids is 1. The van der Waals surface area contributed by atoms with Crippen LogP contribution in [0.4, 0.5) is 14.6 Å². The van der Waals surface area contributed by atoms with Crippen molar-refractivity contribution < 1.29 is 18.3 Å². The number of hydrogen-bond donors (Lipinski definition) is 2. The minimum Gasteiger partial charge on any atom is -0.460 e. The van der Waals surface area contributed by atoms with Crippen LogP contribution in [0.15, 0.2) is 30.5 Å². The van der Waals surface area contributed by atoms with E-state index in [1.54, 1.807) is 6.07 Å². The van der Waals surface area contributed by atoms with Gasteiger partial charge in [0, 0.05) is 36.0 Å². The lowest BCUT2D eigenvalue weighted by atomic mass is 9.95. The van der Waals surface area contributed by atoms with E-state index in [0.29, 0.717) is 11.5 Å². The van der Waals surface area contributed by atoms with Gasteiger partial charge in [-0.3, -0.25) is 10.2 Å². The second-order valence-corrected chi connectivity index (χ2v) is 7.23. The molecule has 1 aliphatic heterocycles. The predicted molar refractivity (Wildman–Crippen MR) is 107 cm³/mol. The van der Waals surface area contributed by atoms with Crippen LogP contribution in [-0.2, 0) is 16.1 Å². The van der Waals surface area contributed by atoms with E-state index in [-0.39, 0.29) is 35.8 Å². The van der Waals surface area contributed by atoms with Crippen molar-refractivity contribution in [2.24, 2.45) is 11.7 Å². The molecule has 6 nitrogen and oxygen atoms in total. The maximum Gasteiger partial charge on any atom is 0.313 e. The van der Waals surface area contributed by atoms with Crippen molar-refractivity contribution in [2.45, 2.75) is 32.8 Å². The number of nitrogens with one attached hydrogen (secondary N) is 1. The summed E-state index contributed by atoms with van der Waals surface area (Å²) in [5, 5.41) is 7.07. The summed E-state index contributed by atoms with van der Waals surface area (Å²) in [5.74, 6) is -1.28. The number of halogens is 2. The van der Waals surface area contributed by atoms with Gasteiger partial charge in [0.15, 0.2) is 11.6 Å². The Morgan fingerprint density at radius 1 is 1.38 bits per heavy atom. The normalized spacial score (nSPS) is 13.8. The lowest BCUT2D eigenvalue weighted by Gasteiger charge is -2.40. The van der Waals surface area contributed by atoms with Crippen molar-refractivity contribution >= 4 is 17.6 Å².